The number of rotatable bonds is 15. The van der Waals surface area contributed by atoms with Crippen LogP contribution in [0, 0.1) is 0 Å². The van der Waals surface area contributed by atoms with Crippen molar-refractivity contribution in [2.45, 2.75) is 76.4 Å². The minimum Gasteiger partial charge on any atom is -0.391 e. The zero-order valence-corrected chi connectivity index (χ0v) is 20.2. The largest absolute Gasteiger partial charge is 0.391 e. The molecule has 0 bridgehead atoms. The Morgan fingerprint density at radius 2 is 1.00 bits per heavy atom. The molecule has 0 saturated carbocycles. The first-order valence-corrected chi connectivity index (χ1v) is 12.8. The number of ether oxygens (including phenoxy) is 1. The molecule has 176 valence electrons. The quantitative estimate of drug-likeness (QED) is 0.191. The number of hydrogen-bond acceptors (Lipinski definition) is 2. The highest BCUT2D eigenvalue weighted by molar-refractivity contribution is 5.47. The van der Waals surface area contributed by atoms with E-state index in [4.69, 9.17) is 4.74 Å². The summed E-state index contributed by atoms with van der Waals surface area (Å²) >= 11 is 0. The van der Waals surface area contributed by atoms with Crippen LogP contribution >= 0.6 is 0 Å². The van der Waals surface area contributed by atoms with E-state index in [2.05, 4.69) is 79.7 Å². The highest BCUT2D eigenvalue weighted by Gasteiger charge is 2.37. The molecule has 0 aromatic heterocycles. The van der Waals surface area contributed by atoms with Gasteiger partial charge in [0.25, 0.3) is 0 Å². The molecular formula is C31H40O2. The minimum atomic E-state index is -0.760. The van der Waals surface area contributed by atoms with Gasteiger partial charge in [-0.1, -0.05) is 149 Å². The van der Waals surface area contributed by atoms with E-state index < -0.39 is 11.7 Å². The van der Waals surface area contributed by atoms with Crippen molar-refractivity contribution >= 4 is 0 Å². The second kappa shape index (κ2) is 14.0. The van der Waals surface area contributed by atoms with Crippen molar-refractivity contribution in [1.29, 1.82) is 0 Å². The van der Waals surface area contributed by atoms with Gasteiger partial charge in [0.1, 0.15) is 5.60 Å². The average Bonchev–Trinajstić information content (AvgIpc) is 2.88. The second-order valence-electron chi connectivity index (χ2n) is 9.01. The monoisotopic (exact) mass is 444 g/mol. The van der Waals surface area contributed by atoms with Crippen molar-refractivity contribution in [3.63, 3.8) is 0 Å². The third-order valence-corrected chi connectivity index (χ3v) is 6.42. The van der Waals surface area contributed by atoms with E-state index in [-0.39, 0.29) is 0 Å². The average molecular weight is 445 g/mol. The third kappa shape index (κ3) is 7.28. The van der Waals surface area contributed by atoms with E-state index in [1.165, 1.54) is 44.9 Å². The Kier molecular flexibility index (Phi) is 10.7. The molecule has 0 heterocycles. The van der Waals surface area contributed by atoms with E-state index in [1.807, 2.05) is 18.2 Å². The molecule has 0 saturated heterocycles. The molecule has 3 aromatic rings. The standard InChI is InChI=1S/C31H40O2/c1-2-3-4-5-6-7-8-18-25-30(32)26-33-31(27-19-12-9-13-20-27,28-21-14-10-15-22-28)29-23-16-11-17-24-29/h9-17,19-24,30,32H,2-8,18,25-26H2,1H3/t30-/m1/s1. The van der Waals surface area contributed by atoms with Gasteiger partial charge in [-0.3, -0.25) is 0 Å². The molecule has 0 spiro atoms. The van der Waals surface area contributed by atoms with Crippen LogP contribution < -0.4 is 0 Å². The SMILES string of the molecule is CCCCCCCCCC[C@@H](O)COC(c1ccccc1)(c1ccccc1)c1ccccc1. The molecule has 0 unspecified atom stereocenters. The lowest BCUT2D eigenvalue weighted by molar-refractivity contribution is -0.0405. The lowest BCUT2D eigenvalue weighted by Gasteiger charge is -2.36. The number of unbranched alkanes of at least 4 members (excludes halogenated alkanes) is 7. The van der Waals surface area contributed by atoms with Gasteiger partial charge in [0.05, 0.1) is 12.7 Å². The molecule has 0 aliphatic carbocycles. The Balaban J connectivity index is 1.69. The van der Waals surface area contributed by atoms with E-state index >= 15 is 0 Å². The van der Waals surface area contributed by atoms with Crippen molar-refractivity contribution in [3.8, 4) is 0 Å². The normalized spacial score (nSPS) is 12.5. The summed E-state index contributed by atoms with van der Waals surface area (Å²) in [5.41, 5.74) is 2.45. The maximum Gasteiger partial charge on any atom is 0.143 e. The Morgan fingerprint density at radius 1 is 0.606 bits per heavy atom. The zero-order valence-electron chi connectivity index (χ0n) is 20.2. The molecule has 2 heteroatoms. The van der Waals surface area contributed by atoms with Crippen LogP contribution in [0.2, 0.25) is 0 Å². The van der Waals surface area contributed by atoms with Gasteiger partial charge in [-0.05, 0) is 23.1 Å². The Hall–Kier alpha value is -2.42. The first kappa shape index (κ1) is 25.2. The van der Waals surface area contributed by atoms with E-state index in [1.54, 1.807) is 0 Å². The smallest absolute Gasteiger partial charge is 0.143 e. The molecule has 1 N–H and O–H groups in total. The van der Waals surface area contributed by atoms with E-state index in [9.17, 15) is 5.11 Å². The lowest BCUT2D eigenvalue weighted by atomic mass is 9.80. The first-order chi connectivity index (χ1) is 16.3. The topological polar surface area (TPSA) is 29.5 Å². The summed E-state index contributed by atoms with van der Waals surface area (Å²) in [6.45, 7) is 2.56. The Labute approximate surface area is 200 Å². The molecule has 0 aliphatic heterocycles. The van der Waals surface area contributed by atoms with Crippen LogP contribution in [0.4, 0.5) is 0 Å². The number of aliphatic hydroxyl groups is 1. The molecule has 0 amide bonds. The molecule has 33 heavy (non-hydrogen) atoms. The highest BCUT2D eigenvalue weighted by atomic mass is 16.5. The zero-order chi connectivity index (χ0) is 23.2. The Bertz CT molecular complexity index is 780. The van der Waals surface area contributed by atoms with E-state index in [0.29, 0.717) is 6.61 Å². The first-order valence-electron chi connectivity index (χ1n) is 12.8. The predicted molar refractivity (Wildman–Crippen MR) is 138 cm³/mol. The molecule has 2 nitrogen and oxygen atoms in total. The van der Waals surface area contributed by atoms with Crippen LogP contribution in [0.25, 0.3) is 0 Å². The summed E-state index contributed by atoms with van der Waals surface area (Å²) < 4.78 is 6.72. The highest BCUT2D eigenvalue weighted by Crippen LogP contribution is 2.40. The van der Waals surface area contributed by atoms with Gasteiger partial charge in [-0.2, -0.15) is 0 Å². The summed E-state index contributed by atoms with van der Waals surface area (Å²) in [6.07, 6.45) is 10.5. The van der Waals surface area contributed by atoms with Crippen LogP contribution in [0.1, 0.15) is 81.4 Å². The van der Waals surface area contributed by atoms with Crippen LogP contribution in [0.5, 0.6) is 0 Å². The van der Waals surface area contributed by atoms with Gasteiger partial charge < -0.3 is 9.84 Å². The van der Waals surface area contributed by atoms with Crippen molar-refractivity contribution in [1.82, 2.24) is 0 Å². The number of hydrogen-bond donors (Lipinski definition) is 1. The lowest BCUT2D eigenvalue weighted by Crippen LogP contribution is -2.35. The van der Waals surface area contributed by atoms with Crippen LogP contribution in [-0.4, -0.2) is 17.8 Å². The predicted octanol–water partition coefficient (Wildman–Crippen LogP) is 7.89. The fourth-order valence-corrected chi connectivity index (χ4v) is 4.59. The molecular weight excluding hydrogens is 404 g/mol. The van der Waals surface area contributed by atoms with E-state index in [0.717, 1.165) is 29.5 Å². The molecule has 3 aromatic carbocycles. The van der Waals surface area contributed by atoms with Gasteiger partial charge in [0, 0.05) is 0 Å². The maximum absolute atomic E-state index is 10.8. The number of benzene rings is 3. The van der Waals surface area contributed by atoms with Gasteiger partial charge in [0.15, 0.2) is 0 Å². The molecule has 1 atom stereocenters. The summed E-state index contributed by atoms with van der Waals surface area (Å²) in [4.78, 5) is 0. The maximum atomic E-state index is 10.8. The van der Waals surface area contributed by atoms with Gasteiger partial charge in [-0.15, -0.1) is 0 Å². The summed E-state index contributed by atoms with van der Waals surface area (Å²) in [6, 6.07) is 31.1. The van der Waals surface area contributed by atoms with Crippen LogP contribution in [0.15, 0.2) is 91.0 Å². The molecule has 3 rings (SSSR count). The molecule has 0 aliphatic rings. The van der Waals surface area contributed by atoms with Crippen molar-refractivity contribution in [3.05, 3.63) is 108 Å². The van der Waals surface area contributed by atoms with Crippen molar-refractivity contribution in [2.24, 2.45) is 0 Å². The fraction of sp³-hybridized carbons (Fsp3) is 0.419. The van der Waals surface area contributed by atoms with Crippen LogP contribution in [0.3, 0.4) is 0 Å². The second-order valence-corrected chi connectivity index (χ2v) is 9.01. The summed E-state index contributed by atoms with van der Waals surface area (Å²) in [7, 11) is 0. The van der Waals surface area contributed by atoms with Crippen LogP contribution in [-0.2, 0) is 10.3 Å². The van der Waals surface area contributed by atoms with Gasteiger partial charge >= 0.3 is 0 Å². The number of aliphatic hydroxyl groups excluding tert-OH is 1. The molecule has 0 radical (unpaired) electrons. The van der Waals surface area contributed by atoms with Crippen molar-refractivity contribution in [2.75, 3.05) is 6.61 Å². The minimum absolute atomic E-state index is 0.301. The Morgan fingerprint density at radius 3 is 1.42 bits per heavy atom. The molecule has 0 fully saturated rings. The third-order valence-electron chi connectivity index (χ3n) is 6.42. The summed E-state index contributed by atoms with van der Waals surface area (Å²) in [5.74, 6) is 0. The van der Waals surface area contributed by atoms with Gasteiger partial charge in [0.2, 0.25) is 0 Å². The summed E-state index contributed by atoms with van der Waals surface area (Å²) in [5, 5.41) is 10.8. The fourth-order valence-electron chi connectivity index (χ4n) is 4.59. The van der Waals surface area contributed by atoms with Crippen molar-refractivity contribution < 1.29 is 9.84 Å². The van der Waals surface area contributed by atoms with Gasteiger partial charge in [-0.25, -0.2) is 0 Å².